The molecule has 1 N–H and O–H groups in total. The van der Waals surface area contributed by atoms with Crippen LogP contribution in [0.25, 0.3) is 0 Å². The van der Waals surface area contributed by atoms with Crippen molar-refractivity contribution in [3.8, 4) is 0 Å². The zero-order chi connectivity index (χ0) is 13.3. The minimum atomic E-state index is 0.690. The van der Waals surface area contributed by atoms with Crippen LogP contribution in [0, 0.1) is 5.92 Å². The molecule has 2 unspecified atom stereocenters. The molecule has 0 fully saturated rings. The Kier molecular flexibility index (Phi) is 9.85. The fourth-order valence-electron chi connectivity index (χ4n) is 2.44. The van der Waals surface area contributed by atoms with Crippen molar-refractivity contribution in [2.75, 3.05) is 20.1 Å². The van der Waals surface area contributed by atoms with Gasteiger partial charge in [0.25, 0.3) is 0 Å². The zero-order valence-corrected chi connectivity index (χ0v) is 12.9. The van der Waals surface area contributed by atoms with E-state index in [1.807, 2.05) is 0 Å². The van der Waals surface area contributed by atoms with Gasteiger partial charge in [0.15, 0.2) is 0 Å². The van der Waals surface area contributed by atoms with Gasteiger partial charge in [-0.05, 0) is 45.7 Å². The van der Waals surface area contributed by atoms with E-state index < -0.39 is 0 Å². The van der Waals surface area contributed by atoms with Crippen molar-refractivity contribution in [2.45, 2.75) is 72.4 Å². The van der Waals surface area contributed by atoms with Crippen LogP contribution in [-0.4, -0.2) is 37.1 Å². The highest BCUT2D eigenvalue weighted by atomic mass is 15.2. The van der Waals surface area contributed by atoms with E-state index in [9.17, 15) is 0 Å². The third-order valence-electron chi connectivity index (χ3n) is 3.51. The molecule has 0 saturated carbocycles. The molecule has 2 atom stereocenters. The first-order valence-corrected chi connectivity index (χ1v) is 7.45. The van der Waals surface area contributed by atoms with Gasteiger partial charge in [0.2, 0.25) is 0 Å². The fourth-order valence-corrected chi connectivity index (χ4v) is 2.44. The molecule has 0 aliphatic rings. The van der Waals surface area contributed by atoms with Crippen molar-refractivity contribution in [1.82, 2.24) is 10.2 Å². The maximum atomic E-state index is 3.57. The molecule has 0 aliphatic carbocycles. The van der Waals surface area contributed by atoms with Gasteiger partial charge < -0.3 is 5.32 Å². The molecule has 0 aliphatic heterocycles. The van der Waals surface area contributed by atoms with E-state index in [4.69, 9.17) is 0 Å². The Morgan fingerprint density at radius 1 is 1.06 bits per heavy atom. The van der Waals surface area contributed by atoms with Gasteiger partial charge in [-0.1, -0.05) is 34.1 Å². The Balaban J connectivity index is 4.15. The first-order valence-electron chi connectivity index (χ1n) is 7.45. The summed E-state index contributed by atoms with van der Waals surface area (Å²) in [6.45, 7) is 13.8. The highest BCUT2D eigenvalue weighted by Crippen LogP contribution is 2.14. The minimum Gasteiger partial charge on any atom is -0.315 e. The Morgan fingerprint density at radius 3 is 2.18 bits per heavy atom. The molecule has 0 radical (unpaired) electrons. The molecule has 0 amide bonds. The molecule has 2 heteroatoms. The van der Waals surface area contributed by atoms with Gasteiger partial charge in [0.05, 0.1) is 0 Å². The summed E-state index contributed by atoms with van der Waals surface area (Å²) in [5, 5.41) is 3.57. The largest absolute Gasteiger partial charge is 0.315 e. The fraction of sp³-hybridized carbons (Fsp3) is 1.00. The lowest BCUT2D eigenvalue weighted by molar-refractivity contribution is 0.153. The lowest BCUT2D eigenvalue weighted by atomic mass is 10.0. The number of nitrogens with one attached hydrogen (secondary N) is 1. The van der Waals surface area contributed by atoms with Crippen LogP contribution in [0.3, 0.4) is 0 Å². The summed E-state index contributed by atoms with van der Waals surface area (Å²) in [7, 11) is 2.29. The zero-order valence-electron chi connectivity index (χ0n) is 12.9. The first kappa shape index (κ1) is 16.9. The first-order chi connectivity index (χ1) is 8.02. The average molecular weight is 242 g/mol. The van der Waals surface area contributed by atoms with Crippen LogP contribution >= 0.6 is 0 Å². The molecule has 0 aromatic carbocycles. The van der Waals surface area contributed by atoms with E-state index >= 15 is 0 Å². The predicted octanol–water partition coefficient (Wildman–Crippen LogP) is 3.52. The molecule has 2 nitrogen and oxygen atoms in total. The number of nitrogens with zero attached hydrogens (tertiary/aromatic N) is 1. The monoisotopic (exact) mass is 242 g/mol. The van der Waals surface area contributed by atoms with Gasteiger partial charge in [0.1, 0.15) is 0 Å². The van der Waals surface area contributed by atoms with Crippen molar-refractivity contribution < 1.29 is 0 Å². The van der Waals surface area contributed by atoms with Crippen molar-refractivity contribution in [1.29, 1.82) is 0 Å². The van der Waals surface area contributed by atoms with Crippen LogP contribution in [-0.2, 0) is 0 Å². The molecule has 0 heterocycles. The van der Waals surface area contributed by atoms with E-state index in [1.54, 1.807) is 0 Å². The highest BCUT2D eigenvalue weighted by Gasteiger charge is 2.19. The average Bonchev–Trinajstić information content (AvgIpc) is 2.26. The predicted molar refractivity (Wildman–Crippen MR) is 78.5 cm³/mol. The van der Waals surface area contributed by atoms with Crippen LogP contribution in [0.2, 0.25) is 0 Å². The summed E-state index contributed by atoms with van der Waals surface area (Å²) >= 11 is 0. The topological polar surface area (TPSA) is 15.3 Å². The molecule has 0 saturated heterocycles. The second-order valence-corrected chi connectivity index (χ2v) is 5.79. The van der Waals surface area contributed by atoms with Crippen LogP contribution < -0.4 is 5.32 Å². The molecule has 0 bridgehead atoms. The van der Waals surface area contributed by atoms with E-state index in [0.717, 1.165) is 19.0 Å². The number of likely N-dealkylation sites (N-methyl/N-ethyl adjacent to an activating group) is 1. The Morgan fingerprint density at radius 2 is 1.71 bits per heavy atom. The molecule has 0 spiro atoms. The molecule has 0 aromatic rings. The lowest BCUT2D eigenvalue weighted by Gasteiger charge is -2.34. The van der Waals surface area contributed by atoms with Crippen molar-refractivity contribution >= 4 is 0 Å². The van der Waals surface area contributed by atoms with Gasteiger partial charge in [-0.15, -0.1) is 0 Å². The lowest BCUT2D eigenvalue weighted by Crippen LogP contribution is -2.45. The van der Waals surface area contributed by atoms with Crippen LogP contribution in [0.1, 0.15) is 60.3 Å². The van der Waals surface area contributed by atoms with Crippen molar-refractivity contribution in [2.24, 2.45) is 5.92 Å². The Bertz CT molecular complexity index is 168. The maximum absolute atomic E-state index is 3.57. The Hall–Kier alpha value is -0.0800. The molecule has 17 heavy (non-hydrogen) atoms. The van der Waals surface area contributed by atoms with Gasteiger partial charge in [0, 0.05) is 18.6 Å². The standard InChI is InChI=1S/C15H34N2/c1-7-9-15(12-16-10-8-2)17(6)14(5)11-13(3)4/h13-16H,7-12H2,1-6H3. The molecule has 104 valence electrons. The molecule has 0 aromatic heterocycles. The molecular formula is C15H34N2. The smallest absolute Gasteiger partial charge is 0.0220 e. The summed E-state index contributed by atoms with van der Waals surface area (Å²) in [6, 6.07) is 1.38. The number of hydrogen-bond acceptors (Lipinski definition) is 2. The van der Waals surface area contributed by atoms with Gasteiger partial charge in [-0.2, -0.15) is 0 Å². The molecular weight excluding hydrogens is 208 g/mol. The second kappa shape index (κ2) is 9.90. The summed E-state index contributed by atoms with van der Waals surface area (Å²) in [4.78, 5) is 2.58. The Labute approximate surface area is 109 Å². The quantitative estimate of drug-likeness (QED) is 0.590. The number of rotatable bonds is 10. The highest BCUT2D eigenvalue weighted by molar-refractivity contribution is 4.76. The van der Waals surface area contributed by atoms with Gasteiger partial charge >= 0.3 is 0 Å². The minimum absolute atomic E-state index is 0.690. The number of hydrogen-bond donors (Lipinski definition) is 1. The van der Waals surface area contributed by atoms with Crippen LogP contribution in [0.5, 0.6) is 0 Å². The SMILES string of the molecule is CCCNCC(CCC)N(C)C(C)CC(C)C. The second-order valence-electron chi connectivity index (χ2n) is 5.79. The van der Waals surface area contributed by atoms with Crippen molar-refractivity contribution in [3.63, 3.8) is 0 Å². The van der Waals surface area contributed by atoms with E-state index in [-0.39, 0.29) is 0 Å². The van der Waals surface area contributed by atoms with Crippen LogP contribution in [0.15, 0.2) is 0 Å². The van der Waals surface area contributed by atoms with E-state index in [1.165, 1.54) is 25.7 Å². The van der Waals surface area contributed by atoms with Crippen molar-refractivity contribution in [3.05, 3.63) is 0 Å². The van der Waals surface area contributed by atoms with E-state index in [0.29, 0.717) is 12.1 Å². The van der Waals surface area contributed by atoms with Gasteiger partial charge in [-0.25, -0.2) is 0 Å². The third-order valence-corrected chi connectivity index (χ3v) is 3.51. The van der Waals surface area contributed by atoms with Crippen LogP contribution in [0.4, 0.5) is 0 Å². The maximum Gasteiger partial charge on any atom is 0.0220 e. The summed E-state index contributed by atoms with van der Waals surface area (Å²) in [5.41, 5.74) is 0. The summed E-state index contributed by atoms with van der Waals surface area (Å²) in [5.74, 6) is 0.790. The summed E-state index contributed by atoms with van der Waals surface area (Å²) < 4.78 is 0. The normalized spacial score (nSPS) is 15.5. The van der Waals surface area contributed by atoms with E-state index in [2.05, 4.69) is 51.9 Å². The summed E-state index contributed by atoms with van der Waals surface area (Å²) in [6.07, 6.45) is 5.10. The third kappa shape index (κ3) is 7.77. The molecule has 0 rings (SSSR count). The van der Waals surface area contributed by atoms with Gasteiger partial charge in [-0.3, -0.25) is 4.90 Å².